The Kier molecular flexibility index (Phi) is 8.65. The van der Waals surface area contributed by atoms with Crippen LogP contribution in [0.3, 0.4) is 0 Å². The minimum atomic E-state index is -0.241. The number of hydrogen-bond acceptors (Lipinski definition) is 5. The Morgan fingerprint density at radius 2 is 1.53 bits per heavy atom. The first kappa shape index (κ1) is 24.8. The summed E-state index contributed by atoms with van der Waals surface area (Å²) in [6.45, 7) is 1.59. The second-order valence-electron chi connectivity index (χ2n) is 8.05. The molecule has 2 amide bonds. The van der Waals surface area contributed by atoms with Gasteiger partial charge in [0.25, 0.3) is 11.8 Å². The first-order valence-electron chi connectivity index (χ1n) is 11.0. The Hall–Kier alpha value is -3.84. The zero-order chi connectivity index (χ0) is 24.5. The largest absolute Gasteiger partial charge is 0.493 e. The lowest BCUT2D eigenvalue weighted by atomic mass is 10.1. The van der Waals surface area contributed by atoms with Crippen molar-refractivity contribution in [3.05, 3.63) is 89.5 Å². The Bertz CT molecular complexity index is 1120. The van der Waals surface area contributed by atoms with Gasteiger partial charge in [0.2, 0.25) is 0 Å². The van der Waals surface area contributed by atoms with Crippen molar-refractivity contribution in [2.45, 2.75) is 6.54 Å². The summed E-state index contributed by atoms with van der Waals surface area (Å²) in [7, 11) is 7.04. The number of anilines is 1. The molecule has 7 heteroatoms. The molecule has 0 radical (unpaired) electrons. The highest BCUT2D eigenvalue weighted by Crippen LogP contribution is 2.27. The molecule has 34 heavy (non-hydrogen) atoms. The lowest BCUT2D eigenvalue weighted by Crippen LogP contribution is -2.36. The van der Waals surface area contributed by atoms with Crippen molar-refractivity contribution < 1.29 is 19.1 Å². The SMILES string of the molecule is COc1ccc(C(=O)NCc2cccc(C(=O)N(CCN(C)C)c3ccccc3)c2)cc1OC. The summed E-state index contributed by atoms with van der Waals surface area (Å²) in [6, 6.07) is 22.0. The number of carbonyl (C=O) groups is 2. The minimum absolute atomic E-state index is 0.0823. The van der Waals surface area contributed by atoms with Gasteiger partial charge in [-0.3, -0.25) is 9.59 Å². The van der Waals surface area contributed by atoms with Gasteiger partial charge in [0, 0.05) is 36.4 Å². The maximum Gasteiger partial charge on any atom is 0.258 e. The molecule has 3 aromatic rings. The first-order valence-corrected chi connectivity index (χ1v) is 11.0. The zero-order valence-electron chi connectivity index (χ0n) is 20.1. The van der Waals surface area contributed by atoms with E-state index in [-0.39, 0.29) is 18.4 Å². The van der Waals surface area contributed by atoms with Gasteiger partial charge < -0.3 is 24.6 Å². The summed E-state index contributed by atoms with van der Waals surface area (Å²) in [6.07, 6.45) is 0. The standard InChI is InChI=1S/C27H31N3O4/c1-29(2)15-16-30(23-11-6-5-7-12-23)27(32)22-10-8-9-20(17-22)19-28-26(31)21-13-14-24(33-3)25(18-21)34-4/h5-14,17-18H,15-16,19H2,1-4H3,(H,28,31). The van der Waals surface area contributed by atoms with E-state index in [0.29, 0.717) is 29.2 Å². The zero-order valence-corrected chi connectivity index (χ0v) is 20.1. The fourth-order valence-corrected chi connectivity index (χ4v) is 3.49. The van der Waals surface area contributed by atoms with E-state index in [9.17, 15) is 9.59 Å². The highest BCUT2D eigenvalue weighted by molar-refractivity contribution is 6.06. The molecule has 0 bridgehead atoms. The fourth-order valence-electron chi connectivity index (χ4n) is 3.49. The average molecular weight is 462 g/mol. The van der Waals surface area contributed by atoms with E-state index < -0.39 is 0 Å². The maximum absolute atomic E-state index is 13.4. The smallest absolute Gasteiger partial charge is 0.258 e. The predicted molar refractivity (Wildman–Crippen MR) is 134 cm³/mol. The van der Waals surface area contributed by atoms with E-state index in [1.54, 1.807) is 36.3 Å². The molecule has 0 atom stereocenters. The third-order valence-electron chi connectivity index (χ3n) is 5.36. The molecular formula is C27H31N3O4. The van der Waals surface area contributed by atoms with E-state index in [2.05, 4.69) is 5.32 Å². The summed E-state index contributed by atoms with van der Waals surface area (Å²) in [5.74, 6) is 0.722. The summed E-state index contributed by atoms with van der Waals surface area (Å²) >= 11 is 0. The molecule has 0 spiro atoms. The highest BCUT2D eigenvalue weighted by atomic mass is 16.5. The highest BCUT2D eigenvalue weighted by Gasteiger charge is 2.18. The van der Waals surface area contributed by atoms with Gasteiger partial charge in [0.15, 0.2) is 11.5 Å². The number of likely N-dealkylation sites (N-methyl/N-ethyl adjacent to an activating group) is 1. The van der Waals surface area contributed by atoms with E-state index in [1.165, 1.54) is 7.11 Å². The normalized spacial score (nSPS) is 10.6. The van der Waals surface area contributed by atoms with Crippen LogP contribution in [0.4, 0.5) is 5.69 Å². The van der Waals surface area contributed by atoms with Gasteiger partial charge in [-0.1, -0.05) is 30.3 Å². The number of ether oxygens (including phenoxy) is 2. The second kappa shape index (κ2) is 11.9. The minimum Gasteiger partial charge on any atom is -0.493 e. The second-order valence-corrected chi connectivity index (χ2v) is 8.05. The number of amides is 2. The Morgan fingerprint density at radius 1 is 0.794 bits per heavy atom. The van der Waals surface area contributed by atoms with Crippen LogP contribution in [0.2, 0.25) is 0 Å². The number of hydrogen-bond donors (Lipinski definition) is 1. The Balaban J connectivity index is 1.73. The lowest BCUT2D eigenvalue weighted by Gasteiger charge is -2.25. The van der Waals surface area contributed by atoms with Crippen LogP contribution in [-0.2, 0) is 6.54 Å². The predicted octanol–water partition coefficient (Wildman–Crippen LogP) is 3.84. The first-order chi connectivity index (χ1) is 16.4. The number of rotatable bonds is 10. The van der Waals surface area contributed by atoms with Gasteiger partial charge >= 0.3 is 0 Å². The molecule has 0 unspecified atom stereocenters. The van der Waals surface area contributed by atoms with E-state index in [4.69, 9.17) is 9.47 Å². The molecule has 0 heterocycles. The van der Waals surface area contributed by atoms with Gasteiger partial charge in [0.1, 0.15) is 0 Å². The van der Waals surface area contributed by atoms with Crippen LogP contribution >= 0.6 is 0 Å². The van der Waals surface area contributed by atoms with Gasteiger partial charge in [-0.05, 0) is 62.1 Å². The van der Waals surface area contributed by atoms with Crippen molar-refractivity contribution >= 4 is 17.5 Å². The van der Waals surface area contributed by atoms with Crippen molar-refractivity contribution in [3.63, 3.8) is 0 Å². The quantitative estimate of drug-likeness (QED) is 0.497. The number of benzene rings is 3. The van der Waals surface area contributed by atoms with Crippen molar-refractivity contribution in [1.82, 2.24) is 10.2 Å². The van der Waals surface area contributed by atoms with Gasteiger partial charge in [0.05, 0.1) is 14.2 Å². The van der Waals surface area contributed by atoms with Crippen molar-refractivity contribution in [2.24, 2.45) is 0 Å². The van der Waals surface area contributed by atoms with Crippen molar-refractivity contribution in [2.75, 3.05) is 46.3 Å². The van der Waals surface area contributed by atoms with Crippen molar-refractivity contribution in [3.8, 4) is 11.5 Å². The average Bonchev–Trinajstić information content (AvgIpc) is 2.87. The fraction of sp³-hybridized carbons (Fsp3) is 0.259. The summed E-state index contributed by atoms with van der Waals surface area (Å²) in [4.78, 5) is 29.9. The molecule has 3 aromatic carbocycles. The molecule has 7 nitrogen and oxygen atoms in total. The van der Waals surface area contributed by atoms with E-state index >= 15 is 0 Å². The van der Waals surface area contributed by atoms with Gasteiger partial charge in [-0.15, -0.1) is 0 Å². The summed E-state index contributed by atoms with van der Waals surface area (Å²) < 4.78 is 10.5. The Morgan fingerprint density at radius 3 is 2.21 bits per heavy atom. The van der Waals surface area contributed by atoms with Crippen LogP contribution in [0.5, 0.6) is 11.5 Å². The maximum atomic E-state index is 13.4. The summed E-state index contributed by atoms with van der Waals surface area (Å²) in [5.41, 5.74) is 2.71. The number of nitrogens with one attached hydrogen (secondary N) is 1. The molecule has 0 aliphatic carbocycles. The topological polar surface area (TPSA) is 71.1 Å². The molecule has 0 saturated carbocycles. The third-order valence-corrected chi connectivity index (χ3v) is 5.36. The number of carbonyl (C=O) groups excluding carboxylic acids is 2. The Labute approximate surface area is 200 Å². The number of para-hydroxylation sites is 1. The van der Waals surface area contributed by atoms with Crippen LogP contribution in [0.25, 0.3) is 0 Å². The molecule has 0 aromatic heterocycles. The van der Waals surface area contributed by atoms with Crippen LogP contribution < -0.4 is 19.7 Å². The molecule has 0 saturated heterocycles. The summed E-state index contributed by atoms with van der Waals surface area (Å²) in [5, 5.41) is 2.90. The lowest BCUT2D eigenvalue weighted by molar-refractivity contribution is 0.0949. The van der Waals surface area contributed by atoms with Crippen molar-refractivity contribution in [1.29, 1.82) is 0 Å². The monoisotopic (exact) mass is 461 g/mol. The molecule has 0 aliphatic rings. The molecular weight excluding hydrogens is 430 g/mol. The molecule has 1 N–H and O–H groups in total. The van der Waals surface area contributed by atoms with E-state index in [1.807, 2.05) is 67.5 Å². The number of nitrogens with zero attached hydrogens (tertiary/aromatic N) is 2. The van der Waals surface area contributed by atoms with Crippen LogP contribution in [0, 0.1) is 0 Å². The molecule has 178 valence electrons. The molecule has 3 rings (SSSR count). The van der Waals surface area contributed by atoms with E-state index in [0.717, 1.165) is 17.8 Å². The molecule has 0 aliphatic heterocycles. The molecule has 0 fully saturated rings. The third kappa shape index (κ3) is 6.36. The van der Waals surface area contributed by atoms with Crippen LogP contribution in [0.1, 0.15) is 26.3 Å². The van der Waals surface area contributed by atoms with Crippen LogP contribution in [-0.4, -0.2) is 58.1 Å². The van der Waals surface area contributed by atoms with Crippen LogP contribution in [0.15, 0.2) is 72.8 Å². The van der Waals surface area contributed by atoms with Gasteiger partial charge in [-0.25, -0.2) is 0 Å². The number of methoxy groups -OCH3 is 2. The van der Waals surface area contributed by atoms with Gasteiger partial charge in [-0.2, -0.15) is 0 Å².